The van der Waals surface area contributed by atoms with Gasteiger partial charge >= 0.3 is 0 Å². The summed E-state index contributed by atoms with van der Waals surface area (Å²) < 4.78 is 0. The van der Waals surface area contributed by atoms with Crippen molar-refractivity contribution in [2.45, 2.75) is 20.0 Å². The fourth-order valence-corrected chi connectivity index (χ4v) is 1.41. The summed E-state index contributed by atoms with van der Waals surface area (Å²) in [7, 11) is 0. The molecule has 2 N–H and O–H groups in total. The first-order chi connectivity index (χ1) is 7.35. The largest absolute Gasteiger partial charge is 0.388 e. The standard InChI is InChI=1S/C10H12N4O/c1-2-7-5-11-4-3-8(7)10-12-9(6-15)13-14-10/h3-5,15H,2,6H2,1H3,(H,12,13,14). The van der Waals surface area contributed by atoms with Gasteiger partial charge in [-0.05, 0) is 18.1 Å². The van der Waals surface area contributed by atoms with E-state index in [4.69, 9.17) is 5.11 Å². The van der Waals surface area contributed by atoms with E-state index in [-0.39, 0.29) is 6.61 Å². The van der Waals surface area contributed by atoms with Gasteiger partial charge in [0.2, 0.25) is 0 Å². The van der Waals surface area contributed by atoms with Gasteiger partial charge in [-0.3, -0.25) is 10.1 Å². The molecule has 0 saturated heterocycles. The van der Waals surface area contributed by atoms with Gasteiger partial charge in [-0.1, -0.05) is 6.92 Å². The Hall–Kier alpha value is -1.75. The van der Waals surface area contributed by atoms with Gasteiger partial charge in [0.1, 0.15) is 6.61 Å². The minimum absolute atomic E-state index is 0.125. The van der Waals surface area contributed by atoms with E-state index >= 15 is 0 Å². The maximum Gasteiger partial charge on any atom is 0.181 e. The molecule has 5 nitrogen and oxygen atoms in total. The average molecular weight is 204 g/mol. The first kappa shape index (κ1) is 9.79. The van der Waals surface area contributed by atoms with E-state index in [1.165, 1.54) is 0 Å². The van der Waals surface area contributed by atoms with Gasteiger partial charge in [0.25, 0.3) is 0 Å². The lowest BCUT2D eigenvalue weighted by Gasteiger charge is -2.01. The van der Waals surface area contributed by atoms with Crippen LogP contribution in [0.1, 0.15) is 18.3 Å². The van der Waals surface area contributed by atoms with Gasteiger partial charge in [0, 0.05) is 18.0 Å². The smallest absolute Gasteiger partial charge is 0.181 e. The molecule has 0 aliphatic heterocycles. The first-order valence-electron chi connectivity index (χ1n) is 4.80. The van der Waals surface area contributed by atoms with Crippen molar-refractivity contribution in [1.29, 1.82) is 0 Å². The number of aromatic amines is 1. The summed E-state index contributed by atoms with van der Waals surface area (Å²) in [6, 6.07) is 1.88. The molecule has 78 valence electrons. The number of aromatic nitrogens is 4. The van der Waals surface area contributed by atoms with E-state index in [1.807, 2.05) is 12.3 Å². The molecule has 0 unspecified atom stereocenters. The monoisotopic (exact) mass is 204 g/mol. The van der Waals surface area contributed by atoms with Crippen LogP contribution >= 0.6 is 0 Å². The number of H-pyrrole nitrogens is 1. The molecule has 0 amide bonds. The average Bonchev–Trinajstić information content (AvgIpc) is 2.77. The molecule has 5 heteroatoms. The number of hydrogen-bond acceptors (Lipinski definition) is 4. The molecular weight excluding hydrogens is 192 g/mol. The predicted molar refractivity (Wildman–Crippen MR) is 54.9 cm³/mol. The van der Waals surface area contributed by atoms with E-state index < -0.39 is 0 Å². The minimum Gasteiger partial charge on any atom is -0.388 e. The highest BCUT2D eigenvalue weighted by atomic mass is 16.3. The zero-order valence-corrected chi connectivity index (χ0v) is 8.44. The normalized spacial score (nSPS) is 10.5. The van der Waals surface area contributed by atoms with Crippen molar-refractivity contribution < 1.29 is 5.11 Å². The zero-order chi connectivity index (χ0) is 10.7. The van der Waals surface area contributed by atoms with E-state index in [1.54, 1.807) is 6.20 Å². The molecule has 0 spiro atoms. The van der Waals surface area contributed by atoms with Crippen LogP contribution in [0.4, 0.5) is 0 Å². The van der Waals surface area contributed by atoms with Crippen LogP contribution in [0, 0.1) is 0 Å². The van der Waals surface area contributed by atoms with Crippen molar-refractivity contribution >= 4 is 0 Å². The third-order valence-electron chi connectivity index (χ3n) is 2.21. The van der Waals surface area contributed by atoms with Crippen molar-refractivity contribution in [2.75, 3.05) is 0 Å². The van der Waals surface area contributed by atoms with Crippen LogP contribution in [-0.4, -0.2) is 25.3 Å². The molecular formula is C10H12N4O. The van der Waals surface area contributed by atoms with Gasteiger partial charge in [-0.15, -0.1) is 0 Å². The van der Waals surface area contributed by atoms with Crippen molar-refractivity contribution in [3.8, 4) is 11.4 Å². The number of nitrogens with zero attached hydrogens (tertiary/aromatic N) is 3. The van der Waals surface area contributed by atoms with E-state index in [0.29, 0.717) is 11.6 Å². The number of aliphatic hydroxyl groups is 1. The highest BCUT2D eigenvalue weighted by Crippen LogP contribution is 2.19. The highest BCUT2D eigenvalue weighted by molar-refractivity contribution is 5.58. The summed E-state index contributed by atoms with van der Waals surface area (Å²) in [6.45, 7) is 1.93. The third kappa shape index (κ3) is 1.87. The lowest BCUT2D eigenvalue weighted by Crippen LogP contribution is -1.91. The summed E-state index contributed by atoms with van der Waals surface area (Å²) in [5.74, 6) is 1.09. The van der Waals surface area contributed by atoms with Crippen molar-refractivity contribution in [1.82, 2.24) is 20.2 Å². The topological polar surface area (TPSA) is 74.7 Å². The number of aliphatic hydroxyl groups excluding tert-OH is 1. The van der Waals surface area contributed by atoms with Gasteiger partial charge in [0.05, 0.1) is 0 Å². The Kier molecular flexibility index (Phi) is 2.73. The number of rotatable bonds is 3. The SMILES string of the molecule is CCc1cnccc1-c1n[nH]c(CO)n1. The molecule has 0 fully saturated rings. The second kappa shape index (κ2) is 4.18. The lowest BCUT2D eigenvalue weighted by atomic mass is 10.1. The van der Waals surface area contributed by atoms with Crippen LogP contribution in [0.15, 0.2) is 18.5 Å². The molecule has 0 aliphatic rings. The molecule has 2 rings (SSSR count). The van der Waals surface area contributed by atoms with Gasteiger partial charge in [-0.2, -0.15) is 5.10 Å². The molecule has 0 atom stereocenters. The Labute approximate surface area is 87.2 Å². The third-order valence-corrected chi connectivity index (χ3v) is 2.21. The quantitative estimate of drug-likeness (QED) is 0.779. The Morgan fingerprint density at radius 1 is 1.47 bits per heavy atom. The summed E-state index contributed by atoms with van der Waals surface area (Å²) in [4.78, 5) is 8.22. The second-order valence-electron chi connectivity index (χ2n) is 3.15. The second-order valence-corrected chi connectivity index (χ2v) is 3.15. The Morgan fingerprint density at radius 2 is 2.33 bits per heavy atom. The molecule has 0 bridgehead atoms. The van der Waals surface area contributed by atoms with Crippen LogP contribution in [0.5, 0.6) is 0 Å². The van der Waals surface area contributed by atoms with Crippen LogP contribution < -0.4 is 0 Å². The number of nitrogens with one attached hydrogen (secondary N) is 1. The summed E-state index contributed by atoms with van der Waals surface area (Å²) >= 11 is 0. The number of hydrogen-bond donors (Lipinski definition) is 2. The Bertz CT molecular complexity index is 452. The Morgan fingerprint density at radius 3 is 3.00 bits per heavy atom. The molecule has 15 heavy (non-hydrogen) atoms. The van der Waals surface area contributed by atoms with Crippen LogP contribution in [0.25, 0.3) is 11.4 Å². The van der Waals surface area contributed by atoms with Crippen molar-refractivity contribution in [3.63, 3.8) is 0 Å². The van der Waals surface area contributed by atoms with Gasteiger partial charge in [0.15, 0.2) is 11.6 Å². The highest BCUT2D eigenvalue weighted by Gasteiger charge is 2.08. The van der Waals surface area contributed by atoms with Crippen LogP contribution in [0.2, 0.25) is 0 Å². The maximum atomic E-state index is 8.88. The fraction of sp³-hybridized carbons (Fsp3) is 0.300. The Balaban J connectivity index is 2.44. The fourth-order valence-electron chi connectivity index (χ4n) is 1.41. The van der Waals surface area contributed by atoms with Gasteiger partial charge < -0.3 is 5.11 Å². The van der Waals surface area contributed by atoms with Crippen LogP contribution in [-0.2, 0) is 13.0 Å². The number of pyridine rings is 1. The van der Waals surface area contributed by atoms with Crippen molar-refractivity contribution in [2.24, 2.45) is 0 Å². The van der Waals surface area contributed by atoms with E-state index in [0.717, 1.165) is 17.5 Å². The van der Waals surface area contributed by atoms with Crippen molar-refractivity contribution in [3.05, 3.63) is 29.8 Å². The maximum absolute atomic E-state index is 8.88. The number of aryl methyl sites for hydroxylation is 1. The predicted octanol–water partition coefficient (Wildman–Crippen LogP) is 0.921. The molecule has 0 aromatic carbocycles. The molecule has 0 aliphatic carbocycles. The molecule has 2 aromatic rings. The summed E-state index contributed by atoms with van der Waals surface area (Å²) in [6.07, 6.45) is 4.40. The first-order valence-corrected chi connectivity index (χ1v) is 4.80. The van der Waals surface area contributed by atoms with Crippen LogP contribution in [0.3, 0.4) is 0 Å². The summed E-state index contributed by atoms with van der Waals surface area (Å²) in [5, 5.41) is 15.6. The molecule has 2 aromatic heterocycles. The lowest BCUT2D eigenvalue weighted by molar-refractivity contribution is 0.272. The van der Waals surface area contributed by atoms with E-state index in [2.05, 4.69) is 27.1 Å². The molecule has 2 heterocycles. The molecule has 0 saturated carbocycles. The summed E-state index contributed by atoms with van der Waals surface area (Å²) in [5.41, 5.74) is 2.06. The minimum atomic E-state index is -0.125. The zero-order valence-electron chi connectivity index (χ0n) is 8.44. The van der Waals surface area contributed by atoms with Gasteiger partial charge in [-0.25, -0.2) is 4.98 Å². The molecule has 0 radical (unpaired) electrons. The van der Waals surface area contributed by atoms with E-state index in [9.17, 15) is 0 Å².